The van der Waals surface area contributed by atoms with Gasteiger partial charge in [-0.15, -0.1) is 0 Å². The molecule has 0 heterocycles. The van der Waals surface area contributed by atoms with Gasteiger partial charge in [-0.25, -0.2) is 0 Å². The van der Waals surface area contributed by atoms with Gasteiger partial charge in [-0.2, -0.15) is 0 Å². The van der Waals surface area contributed by atoms with Crippen molar-refractivity contribution in [2.24, 2.45) is 0 Å². The van der Waals surface area contributed by atoms with E-state index in [4.69, 9.17) is 16.3 Å². The Morgan fingerprint density at radius 2 is 2.18 bits per heavy atom. The maximum atomic E-state index is 5.74. The van der Waals surface area contributed by atoms with Crippen LogP contribution in [0.1, 0.15) is 0 Å². The van der Waals surface area contributed by atoms with Crippen molar-refractivity contribution < 1.29 is 4.74 Å². The second kappa shape index (κ2) is 3.49. The molecule has 0 bridgehead atoms. The maximum Gasteiger partial charge on any atom is 0.143 e. The zero-order valence-electron chi connectivity index (χ0n) is 6.52. The SMILES string of the molecule is CNc1ccc(Cl)cc1OC. The van der Waals surface area contributed by atoms with Gasteiger partial charge in [0.05, 0.1) is 12.8 Å². The standard InChI is InChI=1S/C8H10ClNO/c1-10-7-4-3-6(9)5-8(7)11-2/h3-5,10H,1-2H3. The Kier molecular flexibility index (Phi) is 2.60. The molecule has 3 heteroatoms. The molecule has 0 atom stereocenters. The fourth-order valence-corrected chi connectivity index (χ4v) is 1.03. The molecule has 0 aliphatic heterocycles. The summed E-state index contributed by atoms with van der Waals surface area (Å²) < 4.78 is 5.07. The van der Waals surface area contributed by atoms with Crippen molar-refractivity contribution in [3.05, 3.63) is 23.2 Å². The van der Waals surface area contributed by atoms with E-state index in [-0.39, 0.29) is 0 Å². The van der Waals surface area contributed by atoms with Crippen molar-refractivity contribution in [1.29, 1.82) is 0 Å². The minimum Gasteiger partial charge on any atom is -0.495 e. The maximum absolute atomic E-state index is 5.74. The minimum atomic E-state index is 0.681. The van der Waals surface area contributed by atoms with Gasteiger partial charge >= 0.3 is 0 Å². The average molecular weight is 172 g/mol. The van der Waals surface area contributed by atoms with Gasteiger partial charge in [0.25, 0.3) is 0 Å². The van der Waals surface area contributed by atoms with E-state index in [1.54, 1.807) is 13.2 Å². The van der Waals surface area contributed by atoms with Crippen LogP contribution in [0.2, 0.25) is 5.02 Å². The summed E-state index contributed by atoms with van der Waals surface area (Å²) in [6.07, 6.45) is 0. The lowest BCUT2D eigenvalue weighted by atomic mass is 10.3. The number of rotatable bonds is 2. The number of methoxy groups -OCH3 is 1. The predicted octanol–water partition coefficient (Wildman–Crippen LogP) is 2.39. The number of nitrogens with one attached hydrogen (secondary N) is 1. The first-order chi connectivity index (χ1) is 5.27. The lowest BCUT2D eigenvalue weighted by Gasteiger charge is -2.06. The Balaban J connectivity index is 3.06. The third-order valence-corrected chi connectivity index (χ3v) is 1.67. The third kappa shape index (κ3) is 1.77. The fourth-order valence-electron chi connectivity index (χ4n) is 0.872. The van der Waals surface area contributed by atoms with Crippen LogP contribution in [0.5, 0.6) is 5.75 Å². The second-order valence-corrected chi connectivity index (χ2v) is 2.53. The highest BCUT2D eigenvalue weighted by Gasteiger charge is 1.99. The number of ether oxygens (including phenoxy) is 1. The van der Waals surface area contributed by atoms with Crippen LogP contribution in [0.4, 0.5) is 5.69 Å². The predicted molar refractivity (Wildman–Crippen MR) is 47.6 cm³/mol. The minimum absolute atomic E-state index is 0.681. The van der Waals surface area contributed by atoms with Gasteiger partial charge in [-0.05, 0) is 12.1 Å². The topological polar surface area (TPSA) is 21.3 Å². The summed E-state index contributed by atoms with van der Waals surface area (Å²) in [7, 11) is 3.46. The molecule has 60 valence electrons. The van der Waals surface area contributed by atoms with Crippen LogP contribution in [0, 0.1) is 0 Å². The first kappa shape index (κ1) is 8.21. The Hall–Kier alpha value is -0.890. The highest BCUT2D eigenvalue weighted by molar-refractivity contribution is 6.30. The first-order valence-corrected chi connectivity index (χ1v) is 3.67. The van der Waals surface area contributed by atoms with Crippen molar-refractivity contribution in [2.75, 3.05) is 19.5 Å². The highest BCUT2D eigenvalue weighted by atomic mass is 35.5. The molecule has 1 rings (SSSR count). The lowest BCUT2D eigenvalue weighted by molar-refractivity contribution is 0.416. The number of hydrogen-bond donors (Lipinski definition) is 1. The van der Waals surface area contributed by atoms with E-state index in [0.29, 0.717) is 5.02 Å². The summed E-state index contributed by atoms with van der Waals surface area (Å²) in [5, 5.41) is 3.67. The van der Waals surface area contributed by atoms with E-state index in [2.05, 4.69) is 5.32 Å². The van der Waals surface area contributed by atoms with Crippen LogP contribution in [-0.2, 0) is 0 Å². The number of anilines is 1. The van der Waals surface area contributed by atoms with Crippen LogP contribution < -0.4 is 10.1 Å². The molecular formula is C8H10ClNO. The van der Waals surface area contributed by atoms with E-state index in [0.717, 1.165) is 11.4 Å². The van der Waals surface area contributed by atoms with E-state index in [9.17, 15) is 0 Å². The Labute approximate surface area is 71.1 Å². The molecule has 0 fully saturated rings. The Morgan fingerprint density at radius 1 is 1.45 bits per heavy atom. The summed E-state index contributed by atoms with van der Waals surface area (Å²) in [6, 6.07) is 5.46. The molecule has 1 N–H and O–H groups in total. The van der Waals surface area contributed by atoms with Crippen LogP contribution in [0.3, 0.4) is 0 Å². The quantitative estimate of drug-likeness (QED) is 0.738. The van der Waals surface area contributed by atoms with Crippen LogP contribution in [0.25, 0.3) is 0 Å². The normalized spacial score (nSPS) is 9.36. The molecule has 0 radical (unpaired) electrons. The van der Waals surface area contributed by atoms with Crippen LogP contribution in [-0.4, -0.2) is 14.2 Å². The van der Waals surface area contributed by atoms with Gasteiger partial charge < -0.3 is 10.1 Å². The lowest BCUT2D eigenvalue weighted by Crippen LogP contribution is -1.92. The van der Waals surface area contributed by atoms with Crippen molar-refractivity contribution in [3.63, 3.8) is 0 Å². The molecule has 11 heavy (non-hydrogen) atoms. The van der Waals surface area contributed by atoms with Crippen LogP contribution in [0.15, 0.2) is 18.2 Å². The summed E-state index contributed by atoms with van der Waals surface area (Å²) in [4.78, 5) is 0. The number of benzene rings is 1. The van der Waals surface area contributed by atoms with Crippen molar-refractivity contribution in [1.82, 2.24) is 0 Å². The van der Waals surface area contributed by atoms with E-state index >= 15 is 0 Å². The molecule has 0 amide bonds. The largest absolute Gasteiger partial charge is 0.495 e. The fraction of sp³-hybridized carbons (Fsp3) is 0.250. The van der Waals surface area contributed by atoms with Crippen molar-refractivity contribution >= 4 is 17.3 Å². The average Bonchev–Trinajstić information content (AvgIpc) is 2.04. The van der Waals surface area contributed by atoms with Crippen molar-refractivity contribution in [3.8, 4) is 5.75 Å². The Bertz CT molecular complexity index is 250. The molecule has 0 aromatic heterocycles. The van der Waals surface area contributed by atoms with Gasteiger partial charge in [0.15, 0.2) is 0 Å². The molecule has 1 aromatic rings. The zero-order chi connectivity index (χ0) is 8.27. The van der Waals surface area contributed by atoms with Gasteiger partial charge in [-0.1, -0.05) is 11.6 Å². The van der Waals surface area contributed by atoms with Gasteiger partial charge in [0.2, 0.25) is 0 Å². The summed E-state index contributed by atoms with van der Waals surface area (Å²) >= 11 is 5.74. The van der Waals surface area contributed by atoms with Gasteiger partial charge in [0.1, 0.15) is 5.75 Å². The number of hydrogen-bond acceptors (Lipinski definition) is 2. The van der Waals surface area contributed by atoms with Gasteiger partial charge in [-0.3, -0.25) is 0 Å². The number of halogens is 1. The highest BCUT2D eigenvalue weighted by Crippen LogP contribution is 2.26. The summed E-state index contributed by atoms with van der Waals surface area (Å²) in [6.45, 7) is 0. The molecule has 2 nitrogen and oxygen atoms in total. The van der Waals surface area contributed by atoms with E-state index in [1.165, 1.54) is 0 Å². The molecule has 0 saturated heterocycles. The molecule has 1 aromatic carbocycles. The monoisotopic (exact) mass is 171 g/mol. The van der Waals surface area contributed by atoms with E-state index < -0.39 is 0 Å². The summed E-state index contributed by atoms with van der Waals surface area (Å²) in [5.41, 5.74) is 0.942. The van der Waals surface area contributed by atoms with Crippen LogP contribution >= 0.6 is 11.6 Å². The first-order valence-electron chi connectivity index (χ1n) is 3.29. The Morgan fingerprint density at radius 3 is 2.73 bits per heavy atom. The molecular weight excluding hydrogens is 162 g/mol. The second-order valence-electron chi connectivity index (χ2n) is 2.09. The molecule has 0 aliphatic rings. The van der Waals surface area contributed by atoms with Gasteiger partial charge in [0, 0.05) is 18.1 Å². The molecule has 0 unspecified atom stereocenters. The molecule has 0 saturated carbocycles. The smallest absolute Gasteiger partial charge is 0.143 e. The molecule has 0 aliphatic carbocycles. The molecule has 0 spiro atoms. The van der Waals surface area contributed by atoms with Crippen molar-refractivity contribution in [2.45, 2.75) is 0 Å². The van der Waals surface area contributed by atoms with E-state index in [1.807, 2.05) is 19.2 Å². The third-order valence-electron chi connectivity index (χ3n) is 1.43. The zero-order valence-corrected chi connectivity index (χ0v) is 7.27. The summed E-state index contributed by atoms with van der Waals surface area (Å²) in [5.74, 6) is 0.764.